The van der Waals surface area contributed by atoms with Crippen molar-refractivity contribution < 1.29 is 4.79 Å². The number of aryl methyl sites for hydroxylation is 1. The molecule has 1 amide bonds. The van der Waals surface area contributed by atoms with E-state index in [1.807, 2.05) is 13.8 Å². The molecular formula is C18H22N4OS. The normalized spacial score (nSPS) is 24.7. The van der Waals surface area contributed by atoms with Gasteiger partial charge < -0.3 is 10.6 Å². The van der Waals surface area contributed by atoms with Crippen molar-refractivity contribution in [3.63, 3.8) is 0 Å². The third-order valence-corrected chi connectivity index (χ3v) is 6.42. The Bertz CT molecular complexity index is 813. The van der Waals surface area contributed by atoms with Crippen LogP contribution in [0.2, 0.25) is 0 Å². The Morgan fingerprint density at radius 3 is 2.92 bits per heavy atom. The molecule has 2 aliphatic rings. The van der Waals surface area contributed by atoms with Crippen LogP contribution in [-0.2, 0) is 0 Å². The maximum absolute atomic E-state index is 12.2. The van der Waals surface area contributed by atoms with E-state index >= 15 is 0 Å². The molecule has 2 aromatic rings. The van der Waals surface area contributed by atoms with Gasteiger partial charge in [0.25, 0.3) is 5.91 Å². The van der Waals surface area contributed by atoms with Gasteiger partial charge >= 0.3 is 0 Å². The first kappa shape index (κ1) is 15.6. The molecule has 0 aromatic carbocycles. The van der Waals surface area contributed by atoms with E-state index in [0.29, 0.717) is 18.4 Å². The van der Waals surface area contributed by atoms with Crippen LogP contribution in [0.25, 0.3) is 10.2 Å². The molecular weight excluding hydrogens is 320 g/mol. The van der Waals surface area contributed by atoms with E-state index in [4.69, 9.17) is 0 Å². The van der Waals surface area contributed by atoms with Crippen LogP contribution in [0.1, 0.15) is 35.0 Å². The van der Waals surface area contributed by atoms with Crippen molar-refractivity contribution in [3.05, 3.63) is 28.9 Å². The zero-order chi connectivity index (χ0) is 16.7. The van der Waals surface area contributed by atoms with Crippen molar-refractivity contribution in [2.24, 2.45) is 17.8 Å². The molecule has 2 heterocycles. The summed E-state index contributed by atoms with van der Waals surface area (Å²) in [5.74, 6) is 3.01. The number of hydrogen-bond acceptors (Lipinski definition) is 5. The Morgan fingerprint density at radius 1 is 1.33 bits per heavy atom. The van der Waals surface area contributed by atoms with Crippen molar-refractivity contribution in [2.45, 2.75) is 26.7 Å². The molecule has 126 valence electrons. The van der Waals surface area contributed by atoms with Crippen LogP contribution in [0.15, 0.2) is 18.5 Å². The third kappa shape index (κ3) is 2.59. The van der Waals surface area contributed by atoms with E-state index in [9.17, 15) is 4.79 Å². The molecule has 1 fully saturated rings. The van der Waals surface area contributed by atoms with Gasteiger partial charge in [0.05, 0.1) is 10.3 Å². The fourth-order valence-electron chi connectivity index (χ4n) is 4.02. The van der Waals surface area contributed by atoms with Crippen molar-refractivity contribution in [3.8, 4) is 0 Å². The number of carbonyl (C=O) groups excluding carboxylic acids is 1. The SMILES string of the molecule is CCNC(=O)c1sc2ncnc(NC[C@@H]3C[C@H]4C=C[C@@H]3C4)c2c1C. The first-order valence-corrected chi connectivity index (χ1v) is 9.43. The minimum atomic E-state index is -0.0258. The average Bonchev–Trinajstić information content (AvgIpc) is 3.28. The van der Waals surface area contributed by atoms with Crippen LogP contribution in [0, 0.1) is 24.7 Å². The second kappa shape index (κ2) is 6.16. The minimum absolute atomic E-state index is 0.0258. The molecule has 0 spiro atoms. The van der Waals surface area contributed by atoms with Crippen molar-refractivity contribution in [1.82, 2.24) is 15.3 Å². The van der Waals surface area contributed by atoms with E-state index in [2.05, 4.69) is 32.8 Å². The van der Waals surface area contributed by atoms with Crippen LogP contribution >= 0.6 is 11.3 Å². The van der Waals surface area contributed by atoms with E-state index in [-0.39, 0.29) is 5.91 Å². The lowest BCUT2D eigenvalue weighted by atomic mass is 9.93. The van der Waals surface area contributed by atoms with E-state index in [1.54, 1.807) is 6.33 Å². The highest BCUT2D eigenvalue weighted by Gasteiger charge is 2.35. The summed E-state index contributed by atoms with van der Waals surface area (Å²) in [4.78, 5) is 22.6. The quantitative estimate of drug-likeness (QED) is 0.818. The highest BCUT2D eigenvalue weighted by molar-refractivity contribution is 7.20. The van der Waals surface area contributed by atoms with Gasteiger partial charge in [-0.1, -0.05) is 12.2 Å². The predicted octanol–water partition coefficient (Wildman–Crippen LogP) is 3.37. The van der Waals surface area contributed by atoms with E-state index < -0.39 is 0 Å². The fraction of sp³-hybridized carbons (Fsp3) is 0.500. The Labute approximate surface area is 145 Å². The number of allylic oxidation sites excluding steroid dienone is 2. The summed E-state index contributed by atoms with van der Waals surface area (Å²) in [6.07, 6.45) is 8.91. The molecule has 3 atom stereocenters. The smallest absolute Gasteiger partial charge is 0.261 e. The van der Waals surface area contributed by atoms with E-state index in [1.165, 1.54) is 24.2 Å². The Kier molecular flexibility index (Phi) is 4.00. The second-order valence-electron chi connectivity index (χ2n) is 6.74. The van der Waals surface area contributed by atoms with Gasteiger partial charge in [0, 0.05) is 13.1 Å². The molecule has 0 aliphatic heterocycles. The molecule has 2 N–H and O–H groups in total. The number of nitrogens with zero attached hydrogens (tertiary/aromatic N) is 2. The first-order valence-electron chi connectivity index (χ1n) is 8.61. The van der Waals surface area contributed by atoms with Gasteiger partial charge in [-0.05, 0) is 50.0 Å². The molecule has 0 radical (unpaired) electrons. The zero-order valence-electron chi connectivity index (χ0n) is 14.0. The second-order valence-corrected chi connectivity index (χ2v) is 7.74. The summed E-state index contributed by atoms with van der Waals surface area (Å²) >= 11 is 1.44. The zero-order valence-corrected chi connectivity index (χ0v) is 14.8. The summed E-state index contributed by atoms with van der Waals surface area (Å²) in [5, 5.41) is 7.39. The molecule has 0 saturated heterocycles. The number of fused-ring (bicyclic) bond motifs is 3. The van der Waals surface area contributed by atoms with Crippen molar-refractivity contribution >= 4 is 33.3 Å². The van der Waals surface area contributed by atoms with Gasteiger partial charge in [-0.25, -0.2) is 9.97 Å². The standard InChI is InChI=1S/C18H22N4OS/c1-3-19-17(23)15-10(2)14-16(21-9-22-18(14)24-15)20-8-13-7-11-4-5-12(13)6-11/h4-5,9,11-13H,3,6-8H2,1-2H3,(H,19,23)(H,20,21,22)/t11-,12+,13-/m0/s1. The number of aromatic nitrogens is 2. The molecule has 0 unspecified atom stereocenters. The van der Waals surface area contributed by atoms with E-state index in [0.717, 1.165) is 38.9 Å². The maximum atomic E-state index is 12.2. The van der Waals surface area contributed by atoms with Crippen LogP contribution < -0.4 is 10.6 Å². The van der Waals surface area contributed by atoms with Gasteiger partial charge in [-0.2, -0.15) is 0 Å². The van der Waals surface area contributed by atoms with Gasteiger partial charge in [0.15, 0.2) is 0 Å². The number of anilines is 1. The minimum Gasteiger partial charge on any atom is -0.369 e. The Balaban J connectivity index is 1.59. The monoisotopic (exact) mass is 342 g/mol. The number of thiophene rings is 1. The molecule has 2 aromatic heterocycles. The number of rotatable bonds is 5. The summed E-state index contributed by atoms with van der Waals surface area (Å²) in [6, 6.07) is 0. The van der Waals surface area contributed by atoms with Gasteiger partial charge in [-0.15, -0.1) is 11.3 Å². The highest BCUT2D eigenvalue weighted by Crippen LogP contribution is 2.43. The van der Waals surface area contributed by atoms with Crippen LogP contribution in [-0.4, -0.2) is 29.0 Å². The van der Waals surface area contributed by atoms with Gasteiger partial charge in [0.1, 0.15) is 17.0 Å². The topological polar surface area (TPSA) is 66.9 Å². The van der Waals surface area contributed by atoms with Crippen LogP contribution in [0.4, 0.5) is 5.82 Å². The predicted molar refractivity (Wildman–Crippen MR) is 97.5 cm³/mol. The average molecular weight is 342 g/mol. The lowest BCUT2D eigenvalue weighted by molar-refractivity contribution is 0.0959. The molecule has 24 heavy (non-hydrogen) atoms. The summed E-state index contributed by atoms with van der Waals surface area (Å²) < 4.78 is 0. The van der Waals surface area contributed by atoms with Gasteiger partial charge in [-0.3, -0.25) is 4.79 Å². The Morgan fingerprint density at radius 2 is 2.21 bits per heavy atom. The summed E-state index contributed by atoms with van der Waals surface area (Å²) in [5.41, 5.74) is 0.969. The van der Waals surface area contributed by atoms with Crippen molar-refractivity contribution in [2.75, 3.05) is 18.4 Å². The lowest BCUT2D eigenvalue weighted by Crippen LogP contribution is -2.22. The van der Waals surface area contributed by atoms with Crippen molar-refractivity contribution in [1.29, 1.82) is 0 Å². The number of carbonyl (C=O) groups is 1. The lowest BCUT2D eigenvalue weighted by Gasteiger charge is -2.19. The molecule has 2 aliphatic carbocycles. The van der Waals surface area contributed by atoms with Crippen LogP contribution in [0.5, 0.6) is 0 Å². The molecule has 2 bridgehead atoms. The molecule has 5 nitrogen and oxygen atoms in total. The largest absolute Gasteiger partial charge is 0.369 e. The van der Waals surface area contributed by atoms with Crippen LogP contribution in [0.3, 0.4) is 0 Å². The number of hydrogen-bond donors (Lipinski definition) is 2. The number of amides is 1. The first-order chi connectivity index (χ1) is 11.7. The summed E-state index contributed by atoms with van der Waals surface area (Å²) in [7, 11) is 0. The number of nitrogens with one attached hydrogen (secondary N) is 2. The van der Waals surface area contributed by atoms with Gasteiger partial charge in [0.2, 0.25) is 0 Å². The molecule has 1 saturated carbocycles. The molecule has 4 rings (SSSR count). The highest BCUT2D eigenvalue weighted by atomic mass is 32.1. The summed E-state index contributed by atoms with van der Waals surface area (Å²) in [6.45, 7) is 5.47. The molecule has 6 heteroatoms. The third-order valence-electron chi connectivity index (χ3n) is 5.22. The fourth-order valence-corrected chi connectivity index (χ4v) is 5.09. The Hall–Kier alpha value is -1.95. The maximum Gasteiger partial charge on any atom is 0.261 e.